The van der Waals surface area contributed by atoms with Crippen LogP contribution in [0.25, 0.3) is 0 Å². The van der Waals surface area contributed by atoms with Gasteiger partial charge in [-0.25, -0.2) is 4.98 Å². The van der Waals surface area contributed by atoms with Gasteiger partial charge in [-0.05, 0) is 18.2 Å². The first kappa shape index (κ1) is 15.6. The van der Waals surface area contributed by atoms with Crippen molar-refractivity contribution in [2.24, 2.45) is 5.10 Å². The van der Waals surface area contributed by atoms with Crippen LogP contribution in [0.4, 0.5) is 0 Å². The molecule has 0 amide bonds. The van der Waals surface area contributed by atoms with Crippen molar-refractivity contribution in [2.45, 2.75) is 24.7 Å². The second-order valence-corrected chi connectivity index (χ2v) is 6.08. The monoisotopic (exact) mass is 302 g/mol. The predicted molar refractivity (Wildman–Crippen MR) is 89.9 cm³/mol. The van der Waals surface area contributed by atoms with Crippen LogP contribution in [-0.4, -0.2) is 40.2 Å². The van der Waals surface area contributed by atoms with Crippen LogP contribution < -0.4 is 0 Å². The Morgan fingerprint density at radius 3 is 2.81 bits per heavy atom. The van der Waals surface area contributed by atoms with Crippen LogP contribution in [0.5, 0.6) is 0 Å². The second-order valence-electron chi connectivity index (χ2n) is 4.94. The molecule has 0 aliphatic heterocycles. The fourth-order valence-electron chi connectivity index (χ4n) is 1.92. The Morgan fingerprint density at radius 1 is 1.33 bits per heavy atom. The van der Waals surface area contributed by atoms with Gasteiger partial charge in [0.25, 0.3) is 0 Å². The molecule has 0 spiro atoms. The molecule has 0 fully saturated rings. The summed E-state index contributed by atoms with van der Waals surface area (Å²) >= 11 is 1.89. The van der Waals surface area contributed by atoms with E-state index < -0.39 is 0 Å². The van der Waals surface area contributed by atoms with E-state index in [-0.39, 0.29) is 0 Å². The van der Waals surface area contributed by atoms with Crippen molar-refractivity contribution in [3.05, 3.63) is 48.5 Å². The minimum Gasteiger partial charge on any atom is -0.301 e. The smallest absolute Gasteiger partial charge is 0.166 e. The van der Waals surface area contributed by atoms with Crippen molar-refractivity contribution in [1.82, 2.24) is 14.6 Å². The molecule has 0 N–H and O–H groups in total. The maximum Gasteiger partial charge on any atom is 0.166 e. The predicted octanol–water partition coefficient (Wildman–Crippen LogP) is 3.55. The molecule has 0 aliphatic rings. The molecule has 0 unspecified atom stereocenters. The lowest BCUT2D eigenvalue weighted by atomic mass is 10.2. The Balaban J connectivity index is 2.36. The molecule has 2 aromatic rings. The Labute approximate surface area is 130 Å². The molecular weight excluding hydrogens is 280 g/mol. The number of nitrogens with zero attached hydrogens (tertiary/aromatic N) is 4. The average molecular weight is 302 g/mol. The SMILES string of the molecule is CCCCSc1ccccc1C(=NN(C)C)n1ccnc1. The summed E-state index contributed by atoms with van der Waals surface area (Å²) in [7, 11) is 3.87. The van der Waals surface area contributed by atoms with E-state index in [4.69, 9.17) is 0 Å². The Bertz CT molecular complexity index is 576. The van der Waals surface area contributed by atoms with E-state index in [0.29, 0.717) is 0 Å². The van der Waals surface area contributed by atoms with Gasteiger partial charge in [0.1, 0.15) is 6.33 Å². The standard InChI is InChI=1S/C16H22N4S/c1-4-5-12-21-15-9-7-6-8-14(15)16(18-19(2)3)20-11-10-17-13-20/h6-11,13H,4-5,12H2,1-3H3. The number of hydrogen-bond donors (Lipinski definition) is 0. The number of imidazole rings is 1. The van der Waals surface area contributed by atoms with Gasteiger partial charge < -0.3 is 5.01 Å². The van der Waals surface area contributed by atoms with Crippen LogP contribution in [0.3, 0.4) is 0 Å². The van der Waals surface area contributed by atoms with Crippen molar-refractivity contribution in [1.29, 1.82) is 0 Å². The molecule has 112 valence electrons. The number of thioether (sulfide) groups is 1. The highest BCUT2D eigenvalue weighted by atomic mass is 32.2. The Morgan fingerprint density at radius 2 is 2.14 bits per heavy atom. The second kappa shape index (κ2) is 7.88. The minimum atomic E-state index is 0.900. The summed E-state index contributed by atoms with van der Waals surface area (Å²) in [5.41, 5.74) is 1.14. The first-order chi connectivity index (χ1) is 10.2. The highest BCUT2D eigenvalue weighted by molar-refractivity contribution is 7.99. The number of benzene rings is 1. The molecule has 1 heterocycles. The maximum atomic E-state index is 4.64. The lowest BCUT2D eigenvalue weighted by Crippen LogP contribution is -2.18. The topological polar surface area (TPSA) is 33.4 Å². The molecule has 5 heteroatoms. The third-order valence-electron chi connectivity index (χ3n) is 2.93. The van der Waals surface area contributed by atoms with Crippen LogP contribution >= 0.6 is 11.8 Å². The van der Waals surface area contributed by atoms with Crippen molar-refractivity contribution < 1.29 is 0 Å². The summed E-state index contributed by atoms with van der Waals surface area (Å²) in [6.45, 7) is 2.22. The van der Waals surface area contributed by atoms with Gasteiger partial charge in [-0.2, -0.15) is 5.10 Å². The lowest BCUT2D eigenvalue weighted by molar-refractivity contribution is 0.435. The summed E-state index contributed by atoms with van der Waals surface area (Å²) in [5, 5.41) is 6.46. The van der Waals surface area contributed by atoms with E-state index in [1.54, 1.807) is 12.5 Å². The highest BCUT2D eigenvalue weighted by Crippen LogP contribution is 2.25. The van der Waals surface area contributed by atoms with Crippen molar-refractivity contribution in [2.75, 3.05) is 19.8 Å². The van der Waals surface area contributed by atoms with E-state index in [1.165, 1.54) is 17.7 Å². The van der Waals surface area contributed by atoms with Crippen LogP contribution in [0.15, 0.2) is 53.0 Å². The van der Waals surface area contributed by atoms with Crippen molar-refractivity contribution >= 4 is 17.6 Å². The van der Waals surface area contributed by atoms with E-state index in [0.717, 1.165) is 17.2 Å². The van der Waals surface area contributed by atoms with E-state index in [1.807, 2.05) is 41.6 Å². The maximum absolute atomic E-state index is 4.64. The van der Waals surface area contributed by atoms with Gasteiger partial charge >= 0.3 is 0 Å². The molecule has 4 nitrogen and oxygen atoms in total. The zero-order chi connectivity index (χ0) is 15.1. The van der Waals surface area contributed by atoms with Gasteiger partial charge in [0, 0.05) is 36.9 Å². The number of unbranched alkanes of at least 4 members (excludes halogenated alkanes) is 1. The van der Waals surface area contributed by atoms with Crippen molar-refractivity contribution in [3.8, 4) is 0 Å². The average Bonchev–Trinajstić information content (AvgIpc) is 2.99. The largest absolute Gasteiger partial charge is 0.301 e. The third kappa shape index (κ3) is 4.36. The molecular formula is C16H22N4S. The molecule has 1 aromatic carbocycles. The molecule has 21 heavy (non-hydrogen) atoms. The van der Waals surface area contributed by atoms with Gasteiger partial charge in [-0.1, -0.05) is 31.5 Å². The fraction of sp³-hybridized carbons (Fsp3) is 0.375. The van der Waals surface area contributed by atoms with Gasteiger partial charge in [0.05, 0.1) is 0 Å². The summed E-state index contributed by atoms with van der Waals surface area (Å²) in [5.74, 6) is 2.03. The van der Waals surface area contributed by atoms with Crippen LogP contribution in [0, 0.1) is 0 Å². The summed E-state index contributed by atoms with van der Waals surface area (Å²) in [6, 6.07) is 8.43. The summed E-state index contributed by atoms with van der Waals surface area (Å²) in [6.07, 6.45) is 7.93. The number of rotatable bonds is 6. The van der Waals surface area contributed by atoms with Crippen LogP contribution in [0.2, 0.25) is 0 Å². The van der Waals surface area contributed by atoms with Crippen molar-refractivity contribution in [3.63, 3.8) is 0 Å². The van der Waals surface area contributed by atoms with Crippen LogP contribution in [0.1, 0.15) is 25.3 Å². The minimum absolute atomic E-state index is 0.900. The molecule has 0 aliphatic carbocycles. The number of hydrazone groups is 1. The molecule has 0 saturated heterocycles. The van der Waals surface area contributed by atoms with Gasteiger partial charge in [-0.3, -0.25) is 4.57 Å². The summed E-state index contributed by atoms with van der Waals surface area (Å²) < 4.78 is 1.96. The van der Waals surface area contributed by atoms with Crippen LogP contribution in [-0.2, 0) is 0 Å². The Hall–Kier alpha value is -1.75. The first-order valence-corrected chi connectivity index (χ1v) is 8.17. The first-order valence-electron chi connectivity index (χ1n) is 7.19. The number of hydrogen-bond acceptors (Lipinski definition) is 4. The third-order valence-corrected chi connectivity index (χ3v) is 4.09. The molecule has 0 atom stereocenters. The fourth-order valence-corrected chi connectivity index (χ4v) is 3.06. The molecule has 1 aromatic heterocycles. The summed E-state index contributed by atoms with van der Waals surface area (Å²) in [4.78, 5) is 5.40. The highest BCUT2D eigenvalue weighted by Gasteiger charge is 2.12. The van der Waals surface area contributed by atoms with Gasteiger partial charge in [0.15, 0.2) is 5.84 Å². The number of aromatic nitrogens is 2. The molecule has 2 rings (SSSR count). The molecule has 0 radical (unpaired) electrons. The quantitative estimate of drug-likeness (QED) is 0.269. The molecule has 0 saturated carbocycles. The Kier molecular flexibility index (Phi) is 5.87. The van der Waals surface area contributed by atoms with E-state index in [2.05, 4.69) is 41.3 Å². The zero-order valence-electron chi connectivity index (χ0n) is 12.9. The molecule has 0 bridgehead atoms. The van der Waals surface area contributed by atoms with E-state index >= 15 is 0 Å². The van der Waals surface area contributed by atoms with Gasteiger partial charge in [-0.15, -0.1) is 11.8 Å². The lowest BCUT2D eigenvalue weighted by Gasteiger charge is -2.15. The zero-order valence-corrected chi connectivity index (χ0v) is 13.7. The normalized spacial score (nSPS) is 11.7. The van der Waals surface area contributed by atoms with E-state index in [9.17, 15) is 0 Å². The van der Waals surface area contributed by atoms with Gasteiger partial charge in [0.2, 0.25) is 0 Å².